The quantitative estimate of drug-likeness (QED) is 0.783. The van der Waals surface area contributed by atoms with Crippen molar-refractivity contribution < 1.29 is 5.11 Å². The molecule has 1 aromatic rings. The van der Waals surface area contributed by atoms with Gasteiger partial charge in [-0.1, -0.05) is 17.7 Å². The van der Waals surface area contributed by atoms with Crippen LogP contribution in [-0.4, -0.2) is 11.7 Å². The number of aryl methyl sites for hydroxylation is 1. The summed E-state index contributed by atoms with van der Waals surface area (Å²) in [5, 5.41) is 10.3. The monoisotopic (exact) mass is 199 g/mol. The largest absolute Gasteiger partial charge is 0.388 e. The maximum Gasteiger partial charge on any atom is 0.0805 e. The zero-order valence-electron chi connectivity index (χ0n) is 7.63. The fraction of sp³-hybridized carbons (Fsp3) is 0.400. The molecule has 0 aliphatic heterocycles. The van der Waals surface area contributed by atoms with Crippen LogP contribution < -0.4 is 5.73 Å². The van der Waals surface area contributed by atoms with Crippen LogP contribution in [0.3, 0.4) is 0 Å². The molecule has 2 nitrogen and oxygen atoms in total. The number of halogens is 1. The average Bonchev–Trinajstić information content (AvgIpc) is 2.09. The molecule has 0 radical (unpaired) electrons. The molecule has 72 valence electrons. The van der Waals surface area contributed by atoms with E-state index in [0.29, 0.717) is 18.0 Å². The highest BCUT2D eigenvalue weighted by Crippen LogP contribution is 2.23. The van der Waals surface area contributed by atoms with Crippen molar-refractivity contribution in [3.63, 3.8) is 0 Å². The second-order valence-corrected chi connectivity index (χ2v) is 3.53. The number of nitrogens with two attached hydrogens (primary N) is 1. The summed E-state index contributed by atoms with van der Waals surface area (Å²) in [7, 11) is 0. The first-order valence-electron chi connectivity index (χ1n) is 4.29. The van der Waals surface area contributed by atoms with Crippen molar-refractivity contribution >= 4 is 11.6 Å². The molecule has 1 rings (SSSR count). The van der Waals surface area contributed by atoms with Crippen molar-refractivity contribution in [3.05, 3.63) is 34.3 Å². The summed E-state index contributed by atoms with van der Waals surface area (Å²) in [6.07, 6.45) is 0.0740. The topological polar surface area (TPSA) is 46.2 Å². The maximum absolute atomic E-state index is 9.69. The third kappa shape index (κ3) is 2.69. The van der Waals surface area contributed by atoms with Crippen molar-refractivity contribution in [3.8, 4) is 0 Å². The van der Waals surface area contributed by atoms with Crippen LogP contribution in [0.2, 0.25) is 5.02 Å². The minimum absolute atomic E-state index is 0.479. The summed E-state index contributed by atoms with van der Waals surface area (Å²) >= 11 is 5.82. The van der Waals surface area contributed by atoms with Gasteiger partial charge in [-0.3, -0.25) is 0 Å². The van der Waals surface area contributed by atoms with Gasteiger partial charge in [-0.2, -0.15) is 0 Å². The van der Waals surface area contributed by atoms with Gasteiger partial charge in [-0.15, -0.1) is 0 Å². The van der Waals surface area contributed by atoms with E-state index in [4.69, 9.17) is 17.3 Å². The van der Waals surface area contributed by atoms with Gasteiger partial charge in [0.25, 0.3) is 0 Å². The Morgan fingerprint density at radius 2 is 2.23 bits per heavy atom. The Bertz CT molecular complexity index is 288. The average molecular weight is 200 g/mol. The molecule has 0 saturated heterocycles. The Hall–Kier alpha value is -0.570. The van der Waals surface area contributed by atoms with E-state index < -0.39 is 6.10 Å². The minimum Gasteiger partial charge on any atom is -0.388 e. The lowest BCUT2D eigenvalue weighted by Crippen LogP contribution is -2.07. The second kappa shape index (κ2) is 4.61. The van der Waals surface area contributed by atoms with Crippen LogP contribution in [0.4, 0.5) is 0 Å². The molecule has 0 aliphatic rings. The Morgan fingerprint density at radius 3 is 2.85 bits per heavy atom. The molecule has 13 heavy (non-hydrogen) atoms. The lowest BCUT2D eigenvalue weighted by molar-refractivity contribution is 0.169. The van der Waals surface area contributed by atoms with Gasteiger partial charge in [-0.05, 0) is 43.1 Å². The Balaban J connectivity index is 2.91. The molecule has 0 amide bonds. The summed E-state index contributed by atoms with van der Waals surface area (Å²) < 4.78 is 0. The molecular formula is C10H14ClNO. The smallest absolute Gasteiger partial charge is 0.0805 e. The molecule has 1 aromatic carbocycles. The molecule has 1 atom stereocenters. The van der Waals surface area contributed by atoms with Gasteiger partial charge in [0.15, 0.2) is 0 Å². The van der Waals surface area contributed by atoms with Gasteiger partial charge < -0.3 is 10.8 Å². The van der Waals surface area contributed by atoms with Crippen LogP contribution in [0, 0.1) is 6.92 Å². The van der Waals surface area contributed by atoms with Crippen molar-refractivity contribution in [2.45, 2.75) is 19.4 Å². The number of aliphatic hydroxyl groups is 1. The molecule has 0 aromatic heterocycles. The van der Waals surface area contributed by atoms with Crippen LogP contribution in [0.15, 0.2) is 18.2 Å². The fourth-order valence-corrected chi connectivity index (χ4v) is 1.46. The van der Waals surface area contributed by atoms with E-state index in [1.165, 1.54) is 0 Å². The molecule has 3 N–H and O–H groups in total. The third-order valence-electron chi connectivity index (χ3n) is 2.04. The number of hydrogen-bond acceptors (Lipinski definition) is 2. The molecule has 0 bridgehead atoms. The standard InChI is InChI=1S/C10H14ClNO/c1-7-2-3-8(11)6-9(7)10(13)4-5-12/h2-3,6,10,13H,4-5,12H2,1H3. The highest BCUT2D eigenvalue weighted by atomic mass is 35.5. The molecule has 0 heterocycles. The molecule has 0 spiro atoms. The molecule has 0 saturated carbocycles. The number of aliphatic hydroxyl groups excluding tert-OH is 1. The number of rotatable bonds is 3. The van der Waals surface area contributed by atoms with Gasteiger partial charge in [0.1, 0.15) is 0 Å². The first-order chi connectivity index (χ1) is 6.15. The predicted molar refractivity (Wildman–Crippen MR) is 54.8 cm³/mol. The van der Waals surface area contributed by atoms with E-state index in [1.807, 2.05) is 19.1 Å². The first-order valence-corrected chi connectivity index (χ1v) is 4.67. The summed E-state index contributed by atoms with van der Waals surface area (Å²) in [4.78, 5) is 0. The lowest BCUT2D eigenvalue weighted by Gasteiger charge is -2.12. The van der Waals surface area contributed by atoms with Gasteiger partial charge in [0, 0.05) is 5.02 Å². The number of benzene rings is 1. The first kappa shape index (κ1) is 10.5. The van der Waals surface area contributed by atoms with Crippen molar-refractivity contribution in [2.24, 2.45) is 5.73 Å². The van der Waals surface area contributed by atoms with Crippen molar-refractivity contribution in [1.82, 2.24) is 0 Å². The Labute approximate surface area is 83.3 Å². The van der Waals surface area contributed by atoms with E-state index in [0.717, 1.165) is 11.1 Å². The molecule has 3 heteroatoms. The van der Waals surface area contributed by atoms with E-state index in [1.54, 1.807) is 6.07 Å². The Morgan fingerprint density at radius 1 is 1.54 bits per heavy atom. The van der Waals surface area contributed by atoms with E-state index >= 15 is 0 Å². The van der Waals surface area contributed by atoms with Gasteiger partial charge >= 0.3 is 0 Å². The van der Waals surface area contributed by atoms with E-state index in [-0.39, 0.29) is 0 Å². The van der Waals surface area contributed by atoms with E-state index in [9.17, 15) is 5.11 Å². The lowest BCUT2D eigenvalue weighted by atomic mass is 10.0. The van der Waals surface area contributed by atoms with Crippen LogP contribution in [-0.2, 0) is 0 Å². The van der Waals surface area contributed by atoms with E-state index in [2.05, 4.69) is 0 Å². The predicted octanol–water partition coefficient (Wildman–Crippen LogP) is 2.03. The summed E-state index contributed by atoms with van der Waals surface area (Å²) in [6, 6.07) is 5.50. The van der Waals surface area contributed by atoms with Crippen LogP contribution >= 0.6 is 11.6 Å². The summed E-state index contributed by atoms with van der Waals surface area (Å²) in [5.74, 6) is 0. The zero-order valence-corrected chi connectivity index (χ0v) is 8.38. The maximum atomic E-state index is 9.69. The Kier molecular flexibility index (Phi) is 3.72. The number of hydrogen-bond donors (Lipinski definition) is 2. The SMILES string of the molecule is Cc1ccc(Cl)cc1C(O)CCN. The fourth-order valence-electron chi connectivity index (χ4n) is 1.28. The van der Waals surface area contributed by atoms with Crippen LogP contribution in [0.25, 0.3) is 0 Å². The normalized spacial score (nSPS) is 12.9. The van der Waals surface area contributed by atoms with Crippen molar-refractivity contribution in [1.29, 1.82) is 0 Å². The van der Waals surface area contributed by atoms with Crippen molar-refractivity contribution in [2.75, 3.05) is 6.54 Å². The molecular weight excluding hydrogens is 186 g/mol. The second-order valence-electron chi connectivity index (χ2n) is 3.09. The minimum atomic E-state index is -0.497. The van der Waals surface area contributed by atoms with Crippen LogP contribution in [0.5, 0.6) is 0 Å². The third-order valence-corrected chi connectivity index (χ3v) is 2.28. The van der Waals surface area contributed by atoms with Gasteiger partial charge in [0.2, 0.25) is 0 Å². The summed E-state index contributed by atoms with van der Waals surface area (Å²) in [5.41, 5.74) is 7.28. The molecule has 0 aliphatic carbocycles. The zero-order chi connectivity index (χ0) is 9.84. The highest BCUT2D eigenvalue weighted by molar-refractivity contribution is 6.30. The highest BCUT2D eigenvalue weighted by Gasteiger charge is 2.09. The molecule has 0 fully saturated rings. The van der Waals surface area contributed by atoms with Gasteiger partial charge in [-0.25, -0.2) is 0 Å². The van der Waals surface area contributed by atoms with Crippen LogP contribution in [0.1, 0.15) is 23.7 Å². The molecule has 1 unspecified atom stereocenters. The summed E-state index contributed by atoms with van der Waals surface area (Å²) in [6.45, 7) is 2.43. The van der Waals surface area contributed by atoms with Gasteiger partial charge in [0.05, 0.1) is 6.10 Å².